The van der Waals surface area contributed by atoms with E-state index in [0.29, 0.717) is 18.1 Å². The molecule has 6 nitrogen and oxygen atoms in total. The number of carbonyl (C=O) groups excluding carboxylic acids is 1. The first-order chi connectivity index (χ1) is 20.7. The van der Waals surface area contributed by atoms with Crippen molar-refractivity contribution in [1.29, 1.82) is 0 Å². The van der Waals surface area contributed by atoms with Crippen LogP contribution in [0.1, 0.15) is 49.0 Å². The maximum absolute atomic E-state index is 11.4. The van der Waals surface area contributed by atoms with Gasteiger partial charge in [0.25, 0.3) is 0 Å². The Morgan fingerprint density at radius 1 is 0.929 bits per heavy atom. The predicted molar refractivity (Wildman–Crippen MR) is 167 cm³/mol. The summed E-state index contributed by atoms with van der Waals surface area (Å²) in [6, 6.07) is 26.7. The number of ether oxygens (including phenoxy) is 4. The second-order valence-corrected chi connectivity index (χ2v) is 10.0. The summed E-state index contributed by atoms with van der Waals surface area (Å²) in [5.41, 5.74) is 3.33. The van der Waals surface area contributed by atoms with Crippen molar-refractivity contribution in [1.82, 2.24) is 4.90 Å². The van der Waals surface area contributed by atoms with Gasteiger partial charge in [-0.25, -0.2) is 4.79 Å². The van der Waals surface area contributed by atoms with E-state index >= 15 is 0 Å². The van der Waals surface area contributed by atoms with Crippen LogP contribution in [0.4, 0.5) is 0 Å². The molecule has 0 unspecified atom stereocenters. The van der Waals surface area contributed by atoms with Crippen molar-refractivity contribution < 1.29 is 23.7 Å². The van der Waals surface area contributed by atoms with E-state index in [1.54, 1.807) is 32.4 Å². The zero-order valence-corrected chi connectivity index (χ0v) is 24.6. The Balaban J connectivity index is 1.20. The van der Waals surface area contributed by atoms with Crippen LogP contribution in [0.25, 0.3) is 6.08 Å². The van der Waals surface area contributed by atoms with E-state index in [0.717, 1.165) is 44.5 Å². The molecule has 1 aliphatic heterocycles. The molecule has 1 aliphatic rings. The number of nitrogens with zero attached hydrogens (tertiary/aromatic N) is 1. The van der Waals surface area contributed by atoms with Crippen LogP contribution >= 0.6 is 0 Å². The van der Waals surface area contributed by atoms with Crippen molar-refractivity contribution >= 4 is 12.0 Å². The van der Waals surface area contributed by atoms with E-state index in [-0.39, 0.29) is 18.2 Å². The molecule has 0 saturated carbocycles. The summed E-state index contributed by atoms with van der Waals surface area (Å²) < 4.78 is 22.9. The lowest BCUT2D eigenvalue weighted by atomic mass is 10.00. The SMILES string of the molecule is CCOC(=O)C=CC=Cc1ccc(O/C=C/CCN2CCC(OC(c3ccccc3)c3ccccc3)CC2)c(OC)c1. The molecule has 220 valence electrons. The number of likely N-dealkylation sites (tertiary alicyclic amines) is 1. The monoisotopic (exact) mass is 567 g/mol. The van der Waals surface area contributed by atoms with Crippen LogP contribution in [0.15, 0.2) is 109 Å². The highest BCUT2D eigenvalue weighted by atomic mass is 16.5. The van der Waals surface area contributed by atoms with Crippen molar-refractivity contribution in [3.05, 3.63) is 126 Å². The molecule has 3 aromatic rings. The van der Waals surface area contributed by atoms with Gasteiger partial charge in [-0.2, -0.15) is 0 Å². The summed E-state index contributed by atoms with van der Waals surface area (Å²) in [6.07, 6.45) is 13.6. The first kappa shape index (κ1) is 30.8. The van der Waals surface area contributed by atoms with Gasteiger partial charge in [-0.05, 0) is 61.1 Å². The Labute approximate surface area is 249 Å². The number of methoxy groups -OCH3 is 1. The highest BCUT2D eigenvalue weighted by molar-refractivity contribution is 5.82. The number of esters is 1. The van der Waals surface area contributed by atoms with E-state index in [4.69, 9.17) is 18.9 Å². The van der Waals surface area contributed by atoms with Crippen molar-refractivity contribution in [3.8, 4) is 11.5 Å². The molecule has 1 heterocycles. The smallest absolute Gasteiger partial charge is 0.330 e. The van der Waals surface area contributed by atoms with Gasteiger partial charge in [-0.3, -0.25) is 0 Å². The predicted octanol–water partition coefficient (Wildman–Crippen LogP) is 7.38. The van der Waals surface area contributed by atoms with Crippen LogP contribution in [0.2, 0.25) is 0 Å². The maximum atomic E-state index is 11.4. The van der Waals surface area contributed by atoms with Gasteiger partial charge >= 0.3 is 5.97 Å². The molecule has 0 aliphatic carbocycles. The van der Waals surface area contributed by atoms with Gasteiger partial charge in [0.15, 0.2) is 11.5 Å². The fourth-order valence-electron chi connectivity index (χ4n) is 4.89. The highest BCUT2D eigenvalue weighted by Gasteiger charge is 2.24. The van der Waals surface area contributed by atoms with Crippen LogP contribution < -0.4 is 9.47 Å². The van der Waals surface area contributed by atoms with Gasteiger partial charge in [-0.15, -0.1) is 0 Å². The highest BCUT2D eigenvalue weighted by Crippen LogP contribution is 2.30. The van der Waals surface area contributed by atoms with Gasteiger partial charge in [0.1, 0.15) is 6.10 Å². The van der Waals surface area contributed by atoms with Gasteiger partial charge in [0.2, 0.25) is 0 Å². The minimum Gasteiger partial charge on any atom is -0.493 e. The zero-order chi connectivity index (χ0) is 29.4. The molecule has 1 fully saturated rings. The molecule has 0 atom stereocenters. The number of hydrogen-bond acceptors (Lipinski definition) is 6. The molecular formula is C36H41NO5. The normalized spacial score (nSPS) is 14.7. The number of carbonyl (C=O) groups is 1. The molecule has 3 aromatic carbocycles. The third-order valence-corrected chi connectivity index (χ3v) is 7.08. The van der Waals surface area contributed by atoms with Crippen LogP contribution in [-0.4, -0.2) is 50.3 Å². The second-order valence-electron chi connectivity index (χ2n) is 10.0. The van der Waals surface area contributed by atoms with Crippen molar-refractivity contribution in [2.45, 2.75) is 38.4 Å². The number of benzene rings is 3. The second kappa shape index (κ2) is 17.0. The summed E-state index contributed by atoms with van der Waals surface area (Å²) in [5, 5.41) is 0. The molecule has 0 N–H and O–H groups in total. The molecular weight excluding hydrogens is 526 g/mol. The Morgan fingerprint density at radius 2 is 1.62 bits per heavy atom. The summed E-state index contributed by atoms with van der Waals surface area (Å²) in [4.78, 5) is 13.9. The molecule has 0 spiro atoms. The molecule has 0 aromatic heterocycles. The molecule has 6 heteroatoms. The number of rotatable bonds is 14. The van der Waals surface area contributed by atoms with Crippen molar-refractivity contribution in [3.63, 3.8) is 0 Å². The van der Waals surface area contributed by atoms with Crippen molar-refractivity contribution in [2.75, 3.05) is 33.4 Å². The Hall–Kier alpha value is -4.13. The third-order valence-electron chi connectivity index (χ3n) is 7.08. The molecule has 4 rings (SSSR count). The van der Waals surface area contributed by atoms with E-state index in [1.165, 1.54) is 17.2 Å². The first-order valence-corrected chi connectivity index (χ1v) is 14.6. The standard InChI is InChI=1S/C36H41NO5/c1-3-40-35(38)19-11-10-14-29-20-21-33(34(28-29)39-2)41-27-13-12-24-37-25-22-32(23-26-37)42-36(30-15-6-4-7-16-30)31-17-8-5-9-18-31/h4-11,13-21,27-28,32,36H,3,12,22-26H2,1-2H3/b14-10?,19-11?,27-13+. The number of hydrogen-bond donors (Lipinski definition) is 0. The van der Waals surface area contributed by atoms with Crippen LogP contribution in [-0.2, 0) is 14.3 Å². The Morgan fingerprint density at radius 3 is 2.26 bits per heavy atom. The van der Waals surface area contributed by atoms with Gasteiger partial charge < -0.3 is 23.8 Å². The molecule has 1 saturated heterocycles. The quantitative estimate of drug-likeness (QED) is 0.0877. The molecule has 0 amide bonds. The number of allylic oxidation sites excluding steroid dienone is 2. The summed E-state index contributed by atoms with van der Waals surface area (Å²) in [5.74, 6) is 0.935. The minimum atomic E-state index is -0.357. The van der Waals surface area contributed by atoms with E-state index in [1.807, 2.05) is 36.4 Å². The third kappa shape index (κ3) is 9.75. The van der Waals surface area contributed by atoms with Gasteiger partial charge in [0.05, 0.1) is 26.1 Å². The maximum Gasteiger partial charge on any atom is 0.330 e. The average Bonchev–Trinajstić information content (AvgIpc) is 3.04. The summed E-state index contributed by atoms with van der Waals surface area (Å²) >= 11 is 0. The molecule has 0 bridgehead atoms. The first-order valence-electron chi connectivity index (χ1n) is 14.6. The Kier molecular flexibility index (Phi) is 12.5. The summed E-state index contributed by atoms with van der Waals surface area (Å²) in [7, 11) is 1.62. The van der Waals surface area contributed by atoms with Crippen LogP contribution in [0, 0.1) is 0 Å². The van der Waals surface area contributed by atoms with E-state index in [9.17, 15) is 4.79 Å². The van der Waals surface area contributed by atoms with Crippen LogP contribution in [0.3, 0.4) is 0 Å². The van der Waals surface area contributed by atoms with Crippen LogP contribution in [0.5, 0.6) is 11.5 Å². The van der Waals surface area contributed by atoms with Gasteiger partial charge in [0, 0.05) is 25.7 Å². The van der Waals surface area contributed by atoms with Crippen molar-refractivity contribution in [2.24, 2.45) is 0 Å². The van der Waals surface area contributed by atoms with E-state index < -0.39 is 0 Å². The Bertz CT molecular complexity index is 1270. The summed E-state index contributed by atoms with van der Waals surface area (Å²) in [6.45, 7) is 5.16. The topological polar surface area (TPSA) is 57.2 Å². The lowest BCUT2D eigenvalue weighted by Gasteiger charge is -2.34. The lowest BCUT2D eigenvalue weighted by Crippen LogP contribution is -2.38. The average molecular weight is 568 g/mol. The lowest BCUT2D eigenvalue weighted by molar-refractivity contribution is -0.137. The number of piperidine rings is 1. The zero-order valence-electron chi connectivity index (χ0n) is 24.6. The largest absolute Gasteiger partial charge is 0.493 e. The van der Waals surface area contributed by atoms with Gasteiger partial charge in [-0.1, -0.05) is 85.0 Å². The fraction of sp³-hybridized carbons (Fsp3) is 0.306. The molecule has 0 radical (unpaired) electrons. The van der Waals surface area contributed by atoms with E-state index in [2.05, 4.69) is 59.5 Å². The fourth-order valence-corrected chi connectivity index (χ4v) is 4.89. The minimum absolute atomic E-state index is 0.0423. The molecule has 42 heavy (non-hydrogen) atoms.